The molecular weight excluding hydrogens is 220 g/mol. The normalized spacial score (nSPS) is 22.8. The second kappa shape index (κ2) is 4.89. The maximum absolute atomic E-state index is 10.7. The van der Waals surface area contributed by atoms with Gasteiger partial charge in [-0.3, -0.25) is 4.90 Å². The summed E-state index contributed by atoms with van der Waals surface area (Å²) in [4.78, 5) is 15.3. The summed E-state index contributed by atoms with van der Waals surface area (Å²) in [5.74, 6) is -0.217. The van der Waals surface area contributed by atoms with Gasteiger partial charge in [0.05, 0.1) is 12.1 Å². The molecule has 1 aliphatic rings. The average Bonchev–Trinajstić information content (AvgIpc) is 2.72. The number of likely N-dealkylation sites (N-methyl/N-ethyl adjacent to an activating group) is 1. The van der Waals surface area contributed by atoms with Gasteiger partial charge in [-0.25, -0.2) is 4.79 Å². The van der Waals surface area contributed by atoms with E-state index in [1.807, 2.05) is 0 Å². The lowest BCUT2D eigenvalue weighted by Crippen LogP contribution is -2.49. The molecule has 94 valence electrons. The predicted molar refractivity (Wildman–Crippen MR) is 63.0 cm³/mol. The van der Waals surface area contributed by atoms with Crippen molar-refractivity contribution in [2.75, 3.05) is 26.7 Å². The standard InChI is InChI=1S/C12H18N2O3/c1-9-6-14(4-3-13(9)2)7-11-5-10(8-17-11)12(15)16/h5,8-9H,3-4,6-7H2,1-2H3,(H,15,16). The first-order chi connectivity index (χ1) is 8.06. The molecule has 1 aromatic rings. The van der Waals surface area contributed by atoms with Crippen molar-refractivity contribution < 1.29 is 14.3 Å². The molecule has 0 saturated carbocycles. The van der Waals surface area contributed by atoms with E-state index in [9.17, 15) is 4.79 Å². The van der Waals surface area contributed by atoms with E-state index in [-0.39, 0.29) is 5.56 Å². The molecule has 0 aliphatic carbocycles. The third-order valence-corrected chi connectivity index (χ3v) is 3.32. The molecule has 0 amide bonds. The first kappa shape index (κ1) is 12.1. The fourth-order valence-electron chi connectivity index (χ4n) is 2.06. The number of hydrogen-bond acceptors (Lipinski definition) is 4. The van der Waals surface area contributed by atoms with Crippen LogP contribution in [0.2, 0.25) is 0 Å². The maximum Gasteiger partial charge on any atom is 0.338 e. The Morgan fingerprint density at radius 3 is 2.94 bits per heavy atom. The molecule has 0 radical (unpaired) electrons. The zero-order valence-corrected chi connectivity index (χ0v) is 10.2. The minimum Gasteiger partial charge on any atom is -0.478 e. The van der Waals surface area contributed by atoms with Crippen LogP contribution in [-0.4, -0.2) is 53.6 Å². The van der Waals surface area contributed by atoms with Crippen LogP contribution in [0, 0.1) is 0 Å². The average molecular weight is 238 g/mol. The first-order valence-electron chi connectivity index (χ1n) is 5.79. The van der Waals surface area contributed by atoms with E-state index in [1.165, 1.54) is 6.26 Å². The number of furan rings is 1. The Bertz CT molecular complexity index is 402. The van der Waals surface area contributed by atoms with Crippen LogP contribution < -0.4 is 0 Å². The molecule has 5 nitrogen and oxygen atoms in total. The van der Waals surface area contributed by atoms with E-state index >= 15 is 0 Å². The summed E-state index contributed by atoms with van der Waals surface area (Å²) in [6, 6.07) is 2.13. The Labute approximate surface area is 101 Å². The van der Waals surface area contributed by atoms with Gasteiger partial charge < -0.3 is 14.4 Å². The highest BCUT2D eigenvalue weighted by Crippen LogP contribution is 2.14. The molecular formula is C12H18N2O3. The quantitative estimate of drug-likeness (QED) is 0.855. The minimum absolute atomic E-state index is 0.224. The van der Waals surface area contributed by atoms with E-state index in [0.29, 0.717) is 12.6 Å². The van der Waals surface area contributed by atoms with E-state index in [4.69, 9.17) is 9.52 Å². The second-order valence-corrected chi connectivity index (χ2v) is 4.67. The highest BCUT2D eigenvalue weighted by Gasteiger charge is 2.21. The van der Waals surface area contributed by atoms with E-state index in [2.05, 4.69) is 23.8 Å². The van der Waals surface area contributed by atoms with Crippen molar-refractivity contribution in [3.05, 3.63) is 23.7 Å². The van der Waals surface area contributed by atoms with E-state index < -0.39 is 5.97 Å². The second-order valence-electron chi connectivity index (χ2n) is 4.67. The first-order valence-corrected chi connectivity index (χ1v) is 5.79. The number of piperazine rings is 1. The van der Waals surface area contributed by atoms with Crippen molar-refractivity contribution in [3.63, 3.8) is 0 Å². The largest absolute Gasteiger partial charge is 0.478 e. The van der Waals surface area contributed by atoms with Gasteiger partial charge in [0.1, 0.15) is 12.0 Å². The van der Waals surface area contributed by atoms with Crippen LogP contribution in [0.15, 0.2) is 16.7 Å². The zero-order chi connectivity index (χ0) is 12.4. The summed E-state index contributed by atoms with van der Waals surface area (Å²) in [5.41, 5.74) is 0.224. The summed E-state index contributed by atoms with van der Waals surface area (Å²) in [7, 11) is 2.12. The Morgan fingerprint density at radius 2 is 2.35 bits per heavy atom. The van der Waals surface area contributed by atoms with Gasteiger partial charge in [0.2, 0.25) is 0 Å². The lowest BCUT2D eigenvalue weighted by atomic mass is 10.2. The minimum atomic E-state index is -0.938. The number of carboxylic acid groups (broad SMARTS) is 1. The molecule has 1 atom stereocenters. The lowest BCUT2D eigenvalue weighted by Gasteiger charge is -2.37. The van der Waals surface area contributed by atoms with Crippen molar-refractivity contribution in [2.24, 2.45) is 0 Å². The molecule has 0 aromatic carbocycles. The third-order valence-electron chi connectivity index (χ3n) is 3.32. The summed E-state index contributed by atoms with van der Waals surface area (Å²) >= 11 is 0. The maximum atomic E-state index is 10.7. The van der Waals surface area contributed by atoms with Crippen LogP contribution in [0.25, 0.3) is 0 Å². The van der Waals surface area contributed by atoms with Crippen molar-refractivity contribution in [2.45, 2.75) is 19.5 Å². The molecule has 17 heavy (non-hydrogen) atoms. The van der Waals surface area contributed by atoms with Gasteiger partial charge in [0.15, 0.2) is 0 Å². The van der Waals surface area contributed by atoms with Gasteiger partial charge in [-0.2, -0.15) is 0 Å². The van der Waals surface area contributed by atoms with Gasteiger partial charge in [-0.05, 0) is 20.0 Å². The zero-order valence-electron chi connectivity index (χ0n) is 10.2. The summed E-state index contributed by atoms with van der Waals surface area (Å²) in [6.07, 6.45) is 1.30. The Morgan fingerprint density at radius 1 is 1.59 bits per heavy atom. The van der Waals surface area contributed by atoms with Crippen molar-refractivity contribution in [1.82, 2.24) is 9.80 Å². The fourth-order valence-corrected chi connectivity index (χ4v) is 2.06. The number of hydrogen-bond donors (Lipinski definition) is 1. The van der Waals surface area contributed by atoms with Gasteiger partial charge >= 0.3 is 5.97 Å². The molecule has 1 fully saturated rings. The van der Waals surface area contributed by atoms with Gasteiger partial charge in [0.25, 0.3) is 0 Å². The molecule has 2 heterocycles. The van der Waals surface area contributed by atoms with Crippen molar-refractivity contribution in [3.8, 4) is 0 Å². The molecule has 0 bridgehead atoms. The van der Waals surface area contributed by atoms with Gasteiger partial charge in [0, 0.05) is 25.7 Å². The number of carboxylic acids is 1. The molecule has 5 heteroatoms. The highest BCUT2D eigenvalue weighted by molar-refractivity contribution is 5.87. The van der Waals surface area contributed by atoms with Crippen LogP contribution >= 0.6 is 0 Å². The molecule has 1 aliphatic heterocycles. The van der Waals surface area contributed by atoms with E-state index in [0.717, 1.165) is 25.4 Å². The molecule has 2 rings (SSSR count). The fraction of sp³-hybridized carbons (Fsp3) is 0.583. The lowest BCUT2D eigenvalue weighted by molar-refractivity contribution is 0.0696. The van der Waals surface area contributed by atoms with E-state index in [1.54, 1.807) is 6.07 Å². The number of rotatable bonds is 3. The van der Waals surface area contributed by atoms with Crippen LogP contribution in [0.4, 0.5) is 0 Å². The molecule has 1 saturated heterocycles. The molecule has 1 aromatic heterocycles. The Kier molecular flexibility index (Phi) is 3.49. The molecule has 1 N–H and O–H groups in total. The highest BCUT2D eigenvalue weighted by atomic mass is 16.4. The van der Waals surface area contributed by atoms with Crippen molar-refractivity contribution in [1.29, 1.82) is 0 Å². The number of carbonyl (C=O) groups is 1. The SMILES string of the molecule is CC1CN(Cc2cc(C(=O)O)co2)CCN1C. The summed E-state index contributed by atoms with van der Waals surface area (Å²) in [5, 5.41) is 8.80. The molecule has 0 spiro atoms. The van der Waals surface area contributed by atoms with Crippen LogP contribution in [0.1, 0.15) is 23.0 Å². The van der Waals surface area contributed by atoms with Crippen LogP contribution in [-0.2, 0) is 6.54 Å². The number of nitrogens with zero attached hydrogens (tertiary/aromatic N) is 2. The van der Waals surface area contributed by atoms with Crippen LogP contribution in [0.5, 0.6) is 0 Å². The Hall–Kier alpha value is -1.33. The number of aromatic carboxylic acids is 1. The van der Waals surface area contributed by atoms with Crippen LogP contribution in [0.3, 0.4) is 0 Å². The molecule has 1 unspecified atom stereocenters. The third kappa shape index (κ3) is 2.87. The Balaban J connectivity index is 1.94. The smallest absolute Gasteiger partial charge is 0.338 e. The van der Waals surface area contributed by atoms with Gasteiger partial charge in [-0.1, -0.05) is 0 Å². The van der Waals surface area contributed by atoms with Crippen molar-refractivity contribution >= 4 is 5.97 Å². The summed E-state index contributed by atoms with van der Waals surface area (Å²) in [6.45, 7) is 5.89. The monoisotopic (exact) mass is 238 g/mol. The topological polar surface area (TPSA) is 56.9 Å². The summed E-state index contributed by atoms with van der Waals surface area (Å²) < 4.78 is 5.25. The predicted octanol–water partition coefficient (Wildman–Crippen LogP) is 1.11. The van der Waals surface area contributed by atoms with Gasteiger partial charge in [-0.15, -0.1) is 0 Å².